The highest BCUT2D eigenvalue weighted by molar-refractivity contribution is 6.04. The van der Waals surface area contributed by atoms with E-state index in [1.54, 1.807) is 7.05 Å². The second-order valence-electron chi connectivity index (χ2n) is 7.32. The molecule has 0 aromatic heterocycles. The van der Waals surface area contributed by atoms with E-state index in [2.05, 4.69) is 0 Å². The van der Waals surface area contributed by atoms with Gasteiger partial charge in [-0.15, -0.1) is 0 Å². The Kier molecular flexibility index (Phi) is 4.42. The molecule has 7 heteroatoms. The van der Waals surface area contributed by atoms with Crippen LogP contribution in [-0.2, 0) is 14.4 Å². The van der Waals surface area contributed by atoms with Gasteiger partial charge >= 0.3 is 0 Å². The molecule has 0 radical (unpaired) electrons. The lowest BCUT2D eigenvalue weighted by Crippen LogP contribution is -3.27. The van der Waals surface area contributed by atoms with Gasteiger partial charge in [0.05, 0.1) is 45.4 Å². The number of primary amides is 1. The summed E-state index contributed by atoms with van der Waals surface area (Å²) in [5.41, 5.74) is 5.33. The zero-order valence-corrected chi connectivity index (χ0v) is 13.9. The van der Waals surface area contributed by atoms with E-state index in [-0.39, 0.29) is 23.8 Å². The van der Waals surface area contributed by atoms with Gasteiger partial charge in [-0.1, -0.05) is 0 Å². The third-order valence-corrected chi connectivity index (χ3v) is 6.23. The lowest BCUT2D eigenvalue weighted by atomic mass is 9.83. The van der Waals surface area contributed by atoms with Crippen molar-refractivity contribution >= 4 is 17.7 Å². The lowest BCUT2D eigenvalue weighted by molar-refractivity contribution is -0.978. The number of carbonyl (C=O) groups is 3. The van der Waals surface area contributed by atoms with E-state index in [4.69, 9.17) is 5.73 Å². The third-order valence-electron chi connectivity index (χ3n) is 6.23. The Hall–Kier alpha value is -1.47. The first-order valence-electron chi connectivity index (χ1n) is 8.76. The van der Waals surface area contributed by atoms with Crippen LogP contribution in [0, 0.1) is 0 Å². The van der Waals surface area contributed by atoms with Crippen molar-refractivity contribution in [1.29, 1.82) is 0 Å². The van der Waals surface area contributed by atoms with E-state index in [0.29, 0.717) is 19.3 Å². The second kappa shape index (κ2) is 6.20. The lowest BCUT2D eigenvalue weighted by Gasteiger charge is -2.44. The Bertz CT molecular complexity index is 507. The number of piperidine rings is 2. The first-order valence-corrected chi connectivity index (χ1v) is 8.76. The van der Waals surface area contributed by atoms with Gasteiger partial charge in [-0.3, -0.25) is 19.3 Å². The predicted octanol–water partition coefficient (Wildman–Crippen LogP) is -3.28. The zero-order chi connectivity index (χ0) is 16.6. The van der Waals surface area contributed by atoms with Gasteiger partial charge in [0.1, 0.15) is 0 Å². The number of quaternary nitrogens is 2. The average Bonchev–Trinajstić information content (AvgIpc) is 2.83. The van der Waals surface area contributed by atoms with Crippen LogP contribution in [0.2, 0.25) is 0 Å². The summed E-state index contributed by atoms with van der Waals surface area (Å²) < 4.78 is 0. The molecule has 0 aromatic rings. The van der Waals surface area contributed by atoms with Crippen molar-refractivity contribution in [2.75, 3.05) is 33.2 Å². The van der Waals surface area contributed by atoms with Crippen LogP contribution in [0.4, 0.5) is 0 Å². The molecule has 3 aliphatic heterocycles. The third kappa shape index (κ3) is 2.76. The summed E-state index contributed by atoms with van der Waals surface area (Å²) in [6.07, 6.45) is 5.28. The van der Waals surface area contributed by atoms with Crippen LogP contribution in [0.3, 0.4) is 0 Å². The van der Waals surface area contributed by atoms with E-state index < -0.39 is 5.54 Å². The van der Waals surface area contributed by atoms with Gasteiger partial charge < -0.3 is 15.5 Å². The Morgan fingerprint density at radius 3 is 2.22 bits per heavy atom. The fourth-order valence-electron chi connectivity index (χ4n) is 4.65. The van der Waals surface area contributed by atoms with Crippen LogP contribution >= 0.6 is 0 Å². The molecule has 23 heavy (non-hydrogen) atoms. The molecule has 1 atom stereocenters. The number of nitrogens with one attached hydrogen (secondary N) is 2. The Morgan fingerprint density at radius 1 is 1.13 bits per heavy atom. The first kappa shape index (κ1) is 16.4. The quantitative estimate of drug-likeness (QED) is 0.476. The normalized spacial score (nSPS) is 36.5. The number of likely N-dealkylation sites (N-methyl/N-ethyl adjacent to an activating group) is 1. The van der Waals surface area contributed by atoms with E-state index >= 15 is 0 Å². The van der Waals surface area contributed by atoms with Crippen molar-refractivity contribution in [3.8, 4) is 0 Å². The molecule has 3 heterocycles. The summed E-state index contributed by atoms with van der Waals surface area (Å²) in [6.45, 7) is 3.51. The number of carbonyl (C=O) groups excluding carboxylic acids is 3. The summed E-state index contributed by atoms with van der Waals surface area (Å²) in [5.74, 6) is -0.373. The number of likely N-dealkylation sites (tertiary alicyclic amines) is 3. The van der Waals surface area contributed by atoms with Gasteiger partial charge in [-0.25, -0.2) is 0 Å². The van der Waals surface area contributed by atoms with Crippen molar-refractivity contribution < 1.29 is 24.2 Å². The molecular formula is C16H28N4O3+2. The summed E-state index contributed by atoms with van der Waals surface area (Å²) in [6, 6.07) is -0.269. The number of amides is 3. The molecule has 0 spiro atoms. The Morgan fingerprint density at radius 2 is 1.74 bits per heavy atom. The molecule has 0 unspecified atom stereocenters. The van der Waals surface area contributed by atoms with Crippen molar-refractivity contribution in [3.05, 3.63) is 0 Å². The van der Waals surface area contributed by atoms with Crippen LogP contribution in [0.25, 0.3) is 0 Å². The van der Waals surface area contributed by atoms with Gasteiger partial charge in [0, 0.05) is 7.05 Å². The van der Waals surface area contributed by atoms with Gasteiger partial charge in [0.15, 0.2) is 11.6 Å². The molecular weight excluding hydrogens is 296 g/mol. The second-order valence-corrected chi connectivity index (χ2v) is 7.32. The van der Waals surface area contributed by atoms with Crippen LogP contribution < -0.4 is 15.5 Å². The van der Waals surface area contributed by atoms with E-state index in [9.17, 15) is 14.4 Å². The smallest absolute Gasteiger partial charge is 0.287 e. The molecule has 128 valence electrons. The largest absolute Gasteiger partial charge is 0.364 e. The fourth-order valence-corrected chi connectivity index (χ4v) is 4.65. The van der Waals surface area contributed by atoms with Gasteiger partial charge in [0.25, 0.3) is 11.8 Å². The van der Waals surface area contributed by atoms with Crippen molar-refractivity contribution in [2.24, 2.45) is 5.73 Å². The maximum absolute atomic E-state index is 12.2. The summed E-state index contributed by atoms with van der Waals surface area (Å²) >= 11 is 0. The average molecular weight is 324 g/mol. The van der Waals surface area contributed by atoms with Gasteiger partial charge in [0.2, 0.25) is 5.91 Å². The zero-order valence-electron chi connectivity index (χ0n) is 13.9. The standard InChI is InChI=1S/C16H26N4O3/c1-18-13(21)11-12(14(18)22)19-9-5-16(6-10-19,15(17)23)20-7-3-2-4-8-20/h12H,2-11H2,1H3,(H2,17,23)/p+2/t12-/m1/s1. The SMILES string of the molecule is CN1C(=O)C[C@@H]([NH+]2CCC(C(N)=O)([NH+]3CCCCC3)CC2)C1=O. The van der Waals surface area contributed by atoms with Crippen LogP contribution in [0.15, 0.2) is 0 Å². The highest BCUT2D eigenvalue weighted by Crippen LogP contribution is 2.16. The molecule has 3 aliphatic rings. The van der Waals surface area contributed by atoms with E-state index in [1.165, 1.54) is 16.2 Å². The van der Waals surface area contributed by atoms with Crippen LogP contribution in [0.1, 0.15) is 38.5 Å². The number of imide groups is 1. The highest BCUT2D eigenvalue weighted by Gasteiger charge is 2.53. The summed E-state index contributed by atoms with van der Waals surface area (Å²) in [4.78, 5) is 39.9. The molecule has 0 aliphatic carbocycles. The Labute approximate surface area is 136 Å². The molecule has 3 fully saturated rings. The molecule has 3 rings (SSSR count). The fraction of sp³-hybridized carbons (Fsp3) is 0.812. The molecule has 4 N–H and O–H groups in total. The summed E-state index contributed by atoms with van der Waals surface area (Å²) in [5, 5.41) is 0. The monoisotopic (exact) mass is 324 g/mol. The number of hydrogen-bond donors (Lipinski definition) is 3. The number of hydrogen-bond acceptors (Lipinski definition) is 3. The maximum atomic E-state index is 12.2. The van der Waals surface area contributed by atoms with Crippen molar-refractivity contribution in [2.45, 2.75) is 50.1 Å². The minimum atomic E-state index is -0.471. The number of nitrogens with zero attached hydrogens (tertiary/aromatic N) is 1. The van der Waals surface area contributed by atoms with Gasteiger partial charge in [-0.2, -0.15) is 0 Å². The minimum absolute atomic E-state index is 0.0816. The maximum Gasteiger partial charge on any atom is 0.287 e. The van der Waals surface area contributed by atoms with Crippen molar-refractivity contribution in [1.82, 2.24) is 4.90 Å². The minimum Gasteiger partial charge on any atom is -0.364 e. The topological polar surface area (TPSA) is 89.3 Å². The molecule has 3 amide bonds. The molecule has 3 saturated heterocycles. The number of rotatable bonds is 3. The van der Waals surface area contributed by atoms with E-state index in [0.717, 1.165) is 43.9 Å². The molecule has 7 nitrogen and oxygen atoms in total. The van der Waals surface area contributed by atoms with Crippen LogP contribution in [-0.4, -0.2) is 67.4 Å². The van der Waals surface area contributed by atoms with Crippen molar-refractivity contribution in [3.63, 3.8) is 0 Å². The van der Waals surface area contributed by atoms with Gasteiger partial charge in [-0.05, 0) is 19.3 Å². The first-order chi connectivity index (χ1) is 11.0. The summed E-state index contributed by atoms with van der Waals surface area (Å²) in [7, 11) is 1.56. The van der Waals surface area contributed by atoms with Crippen LogP contribution in [0.5, 0.6) is 0 Å². The molecule has 0 aromatic carbocycles. The highest BCUT2D eigenvalue weighted by atomic mass is 16.2. The number of nitrogens with two attached hydrogens (primary N) is 1. The molecule has 0 bridgehead atoms. The molecule has 0 saturated carbocycles. The van der Waals surface area contributed by atoms with E-state index in [1.807, 2.05) is 0 Å². The Balaban J connectivity index is 1.69. The predicted molar refractivity (Wildman–Crippen MR) is 82.6 cm³/mol.